The largest absolute Gasteiger partial charge is 0.337 e. The first-order valence-corrected chi connectivity index (χ1v) is 7.03. The average molecular weight is 308 g/mol. The Balaban J connectivity index is 1.81. The second-order valence-corrected chi connectivity index (χ2v) is 4.71. The molecule has 2 rings (SSSR count). The summed E-state index contributed by atoms with van der Waals surface area (Å²) in [5.74, 6) is 0.239. The lowest BCUT2D eigenvalue weighted by Gasteiger charge is -2.09. The number of hydrogen-bond donors (Lipinski definition) is 2. The minimum Gasteiger partial charge on any atom is -0.337 e. The summed E-state index contributed by atoms with van der Waals surface area (Å²) in [5.41, 5.74) is 1.82. The molecule has 5 nitrogen and oxygen atoms in total. The van der Waals surface area contributed by atoms with Crippen molar-refractivity contribution >= 4 is 11.7 Å². The number of anilines is 1. The van der Waals surface area contributed by atoms with Crippen molar-refractivity contribution in [2.75, 3.05) is 11.9 Å². The van der Waals surface area contributed by atoms with Gasteiger partial charge in [-0.15, -0.1) is 0 Å². The van der Waals surface area contributed by atoms with Crippen molar-refractivity contribution in [3.8, 4) is 0 Å². The van der Waals surface area contributed by atoms with Gasteiger partial charge in [0.05, 0.1) is 0 Å². The molecule has 0 spiro atoms. The molecule has 1 aromatic carbocycles. The highest BCUT2D eigenvalue weighted by Crippen LogP contribution is 2.13. The van der Waals surface area contributed by atoms with E-state index in [1.165, 1.54) is 12.4 Å². The van der Waals surface area contributed by atoms with E-state index in [2.05, 4.69) is 15.6 Å². The van der Waals surface area contributed by atoms with Crippen LogP contribution in [0.15, 0.2) is 36.7 Å². The number of nitrogens with one attached hydrogen (secondary N) is 2. The van der Waals surface area contributed by atoms with E-state index >= 15 is 0 Å². The predicted octanol–water partition coefficient (Wildman–Crippen LogP) is 3.20. The fraction of sp³-hybridized carbons (Fsp3) is 0.333. The second kappa shape index (κ2) is 7.53. The number of imidazole rings is 1. The summed E-state index contributed by atoms with van der Waals surface area (Å²) in [6.07, 6.45) is 3.65. The molecule has 2 aromatic rings. The van der Waals surface area contributed by atoms with Crippen molar-refractivity contribution in [3.63, 3.8) is 0 Å². The van der Waals surface area contributed by atoms with E-state index in [0.717, 1.165) is 16.6 Å². The Kier molecular flexibility index (Phi) is 5.46. The van der Waals surface area contributed by atoms with Crippen molar-refractivity contribution < 1.29 is 13.6 Å². The van der Waals surface area contributed by atoms with Gasteiger partial charge in [0.1, 0.15) is 5.82 Å². The SMILES string of the molecule is CCc1cccc(NC(=O)NCCc2nccn2C(F)F)c1. The van der Waals surface area contributed by atoms with Gasteiger partial charge in [0.2, 0.25) is 0 Å². The summed E-state index contributed by atoms with van der Waals surface area (Å²) in [6, 6.07) is 7.16. The Labute approximate surface area is 127 Å². The molecule has 0 unspecified atom stereocenters. The van der Waals surface area contributed by atoms with Crippen LogP contribution in [-0.2, 0) is 12.8 Å². The van der Waals surface area contributed by atoms with Crippen molar-refractivity contribution in [1.29, 1.82) is 0 Å². The van der Waals surface area contributed by atoms with E-state index in [0.29, 0.717) is 5.69 Å². The number of hydrogen-bond acceptors (Lipinski definition) is 2. The van der Waals surface area contributed by atoms with E-state index in [4.69, 9.17) is 0 Å². The Bertz CT molecular complexity index is 628. The number of urea groups is 1. The fourth-order valence-corrected chi connectivity index (χ4v) is 2.05. The maximum absolute atomic E-state index is 12.6. The summed E-state index contributed by atoms with van der Waals surface area (Å²) in [6.45, 7) is -0.365. The highest BCUT2D eigenvalue weighted by Gasteiger charge is 2.11. The third-order valence-corrected chi connectivity index (χ3v) is 3.19. The van der Waals surface area contributed by atoms with Gasteiger partial charge in [0.25, 0.3) is 0 Å². The Morgan fingerprint density at radius 3 is 2.95 bits per heavy atom. The Morgan fingerprint density at radius 2 is 2.23 bits per heavy atom. The van der Waals surface area contributed by atoms with Crippen LogP contribution < -0.4 is 10.6 Å². The molecule has 0 aliphatic carbocycles. The summed E-state index contributed by atoms with van der Waals surface area (Å²) in [7, 11) is 0. The van der Waals surface area contributed by atoms with E-state index in [9.17, 15) is 13.6 Å². The summed E-state index contributed by atoms with van der Waals surface area (Å²) in [5, 5.41) is 5.33. The molecule has 0 aliphatic heterocycles. The third kappa shape index (κ3) is 4.28. The number of aromatic nitrogens is 2. The van der Waals surface area contributed by atoms with Gasteiger partial charge < -0.3 is 10.6 Å². The molecule has 0 aliphatic rings. The zero-order valence-corrected chi connectivity index (χ0v) is 12.2. The third-order valence-electron chi connectivity index (χ3n) is 3.19. The van der Waals surface area contributed by atoms with E-state index in [1.54, 1.807) is 6.07 Å². The minimum atomic E-state index is -2.62. The van der Waals surface area contributed by atoms with Crippen LogP contribution in [0.4, 0.5) is 19.3 Å². The number of carbonyl (C=O) groups is 1. The molecule has 2 amide bonds. The van der Waals surface area contributed by atoms with Crippen molar-refractivity contribution in [2.45, 2.75) is 26.3 Å². The lowest BCUT2D eigenvalue weighted by atomic mass is 10.1. The van der Waals surface area contributed by atoms with Gasteiger partial charge in [-0.25, -0.2) is 9.78 Å². The molecule has 2 N–H and O–H groups in total. The van der Waals surface area contributed by atoms with Crippen LogP contribution in [0, 0.1) is 0 Å². The lowest BCUT2D eigenvalue weighted by Crippen LogP contribution is -2.31. The van der Waals surface area contributed by atoms with Crippen molar-refractivity contribution in [3.05, 3.63) is 48.0 Å². The summed E-state index contributed by atoms with van der Waals surface area (Å²) >= 11 is 0. The molecule has 0 bridgehead atoms. The van der Waals surface area contributed by atoms with Crippen LogP contribution >= 0.6 is 0 Å². The summed E-state index contributed by atoms with van der Waals surface area (Å²) in [4.78, 5) is 15.6. The highest BCUT2D eigenvalue weighted by atomic mass is 19.3. The first-order chi connectivity index (χ1) is 10.6. The second-order valence-electron chi connectivity index (χ2n) is 4.71. The van der Waals surface area contributed by atoms with Crippen LogP contribution in [0.25, 0.3) is 0 Å². The van der Waals surface area contributed by atoms with Crippen molar-refractivity contribution in [1.82, 2.24) is 14.9 Å². The molecule has 0 fully saturated rings. The minimum absolute atomic E-state index is 0.225. The molecule has 1 aromatic heterocycles. The molecule has 0 saturated heterocycles. The number of amides is 2. The molecule has 22 heavy (non-hydrogen) atoms. The molecule has 118 valence electrons. The Morgan fingerprint density at radius 1 is 1.41 bits per heavy atom. The monoisotopic (exact) mass is 308 g/mol. The average Bonchev–Trinajstić information content (AvgIpc) is 2.96. The van der Waals surface area contributed by atoms with E-state index in [-0.39, 0.29) is 24.8 Å². The molecule has 0 atom stereocenters. The van der Waals surface area contributed by atoms with Crippen LogP contribution in [0.5, 0.6) is 0 Å². The molecule has 1 heterocycles. The molecular formula is C15H18F2N4O. The van der Waals surface area contributed by atoms with Gasteiger partial charge in [-0.2, -0.15) is 8.78 Å². The number of benzene rings is 1. The van der Waals surface area contributed by atoms with Gasteiger partial charge in [0.15, 0.2) is 0 Å². The van der Waals surface area contributed by atoms with Crippen molar-refractivity contribution in [2.24, 2.45) is 0 Å². The number of carbonyl (C=O) groups excluding carboxylic acids is 1. The van der Waals surface area contributed by atoms with Crippen LogP contribution in [0.1, 0.15) is 24.9 Å². The molecule has 0 radical (unpaired) electrons. The van der Waals surface area contributed by atoms with Gasteiger partial charge in [0, 0.05) is 31.0 Å². The topological polar surface area (TPSA) is 59.0 Å². The fourth-order valence-electron chi connectivity index (χ4n) is 2.05. The first-order valence-electron chi connectivity index (χ1n) is 7.03. The number of nitrogens with zero attached hydrogens (tertiary/aromatic N) is 2. The quantitative estimate of drug-likeness (QED) is 0.861. The Hall–Kier alpha value is -2.44. The molecule has 7 heteroatoms. The highest BCUT2D eigenvalue weighted by molar-refractivity contribution is 5.89. The van der Waals surface area contributed by atoms with Gasteiger partial charge in [-0.05, 0) is 24.1 Å². The number of rotatable bonds is 6. The standard InChI is InChI=1S/C15H18F2N4O/c1-2-11-4-3-5-12(10-11)20-15(22)19-7-6-13-18-8-9-21(13)14(16)17/h3-5,8-10,14H,2,6-7H2,1H3,(H2,19,20,22). The van der Waals surface area contributed by atoms with E-state index < -0.39 is 6.55 Å². The molecular weight excluding hydrogens is 290 g/mol. The van der Waals surface area contributed by atoms with Crippen LogP contribution in [0.3, 0.4) is 0 Å². The maximum atomic E-state index is 12.6. The normalized spacial score (nSPS) is 10.7. The lowest BCUT2D eigenvalue weighted by molar-refractivity contribution is 0.0670. The number of halogens is 2. The van der Waals surface area contributed by atoms with Gasteiger partial charge in [-0.3, -0.25) is 4.57 Å². The van der Waals surface area contributed by atoms with Gasteiger partial charge >= 0.3 is 12.6 Å². The number of aryl methyl sites for hydroxylation is 1. The van der Waals surface area contributed by atoms with Gasteiger partial charge in [-0.1, -0.05) is 19.1 Å². The molecule has 0 saturated carbocycles. The maximum Gasteiger partial charge on any atom is 0.319 e. The first kappa shape index (κ1) is 15.9. The zero-order chi connectivity index (χ0) is 15.9. The van der Waals surface area contributed by atoms with E-state index in [1.807, 2.05) is 25.1 Å². The zero-order valence-electron chi connectivity index (χ0n) is 12.2. The smallest absolute Gasteiger partial charge is 0.319 e. The van der Waals surface area contributed by atoms with Crippen LogP contribution in [-0.4, -0.2) is 22.1 Å². The predicted molar refractivity (Wildman–Crippen MR) is 80.0 cm³/mol. The number of alkyl halides is 2. The van der Waals surface area contributed by atoms with Crippen LogP contribution in [0.2, 0.25) is 0 Å². The summed E-state index contributed by atoms with van der Waals surface area (Å²) < 4.78 is 26.0.